The van der Waals surface area contributed by atoms with Crippen LogP contribution < -0.4 is 4.74 Å². The minimum Gasteiger partial charge on any atom is -0.496 e. The van der Waals surface area contributed by atoms with E-state index in [9.17, 15) is 4.39 Å². The molecule has 3 rings (SSSR count). The standard InChI is InChI=1S/C18H18ClFO/c1-21-17-10-9-13(20)11-16(17)18(19)15-8-4-6-12-5-2-3-7-14(12)15/h2-3,5,7,9-11,15,18H,4,6,8H2,1H3. The number of hydrogen-bond donors (Lipinski definition) is 0. The van der Waals surface area contributed by atoms with Gasteiger partial charge >= 0.3 is 0 Å². The molecule has 2 atom stereocenters. The Labute approximate surface area is 129 Å². The number of rotatable bonds is 3. The number of aryl methyl sites for hydroxylation is 1. The summed E-state index contributed by atoms with van der Waals surface area (Å²) in [5.41, 5.74) is 3.38. The third-order valence-electron chi connectivity index (χ3n) is 4.26. The van der Waals surface area contributed by atoms with Gasteiger partial charge in [-0.15, -0.1) is 11.6 Å². The summed E-state index contributed by atoms with van der Waals surface area (Å²) in [7, 11) is 1.59. The molecule has 1 aliphatic carbocycles. The van der Waals surface area contributed by atoms with Crippen LogP contribution in [0.2, 0.25) is 0 Å². The molecule has 0 bridgehead atoms. The van der Waals surface area contributed by atoms with Crippen molar-refractivity contribution in [1.82, 2.24) is 0 Å². The summed E-state index contributed by atoms with van der Waals surface area (Å²) in [6.07, 6.45) is 3.23. The van der Waals surface area contributed by atoms with Crippen LogP contribution in [0.5, 0.6) is 5.75 Å². The van der Waals surface area contributed by atoms with Gasteiger partial charge in [-0.2, -0.15) is 0 Å². The van der Waals surface area contributed by atoms with Crippen molar-refractivity contribution in [3.05, 3.63) is 65.0 Å². The minimum absolute atomic E-state index is 0.201. The van der Waals surface area contributed by atoms with Crippen LogP contribution in [0.3, 0.4) is 0 Å². The Bertz CT molecular complexity index is 641. The highest BCUT2D eigenvalue weighted by Crippen LogP contribution is 2.46. The van der Waals surface area contributed by atoms with E-state index in [1.807, 2.05) is 6.07 Å². The quantitative estimate of drug-likeness (QED) is 0.705. The summed E-state index contributed by atoms with van der Waals surface area (Å²) in [5.74, 6) is 0.576. The van der Waals surface area contributed by atoms with Crippen molar-refractivity contribution in [3.63, 3.8) is 0 Å². The molecule has 0 aromatic heterocycles. The molecule has 2 aromatic carbocycles. The molecule has 1 aliphatic rings. The normalized spacial score (nSPS) is 18.9. The van der Waals surface area contributed by atoms with E-state index in [0.29, 0.717) is 5.75 Å². The van der Waals surface area contributed by atoms with Crippen molar-refractivity contribution in [2.75, 3.05) is 7.11 Å². The second-order valence-corrected chi connectivity index (χ2v) is 5.96. The van der Waals surface area contributed by atoms with E-state index < -0.39 is 0 Å². The van der Waals surface area contributed by atoms with E-state index in [1.54, 1.807) is 13.2 Å². The second kappa shape index (κ2) is 6.07. The minimum atomic E-state index is -0.280. The molecule has 2 unspecified atom stereocenters. The number of methoxy groups -OCH3 is 1. The van der Waals surface area contributed by atoms with E-state index in [1.165, 1.54) is 23.3 Å². The number of hydrogen-bond acceptors (Lipinski definition) is 1. The van der Waals surface area contributed by atoms with Gasteiger partial charge in [0.1, 0.15) is 11.6 Å². The number of halogens is 2. The molecule has 1 nitrogen and oxygen atoms in total. The zero-order valence-electron chi connectivity index (χ0n) is 12.0. The van der Waals surface area contributed by atoms with E-state index >= 15 is 0 Å². The molecular weight excluding hydrogens is 287 g/mol. The lowest BCUT2D eigenvalue weighted by Crippen LogP contribution is -2.15. The van der Waals surface area contributed by atoms with E-state index in [-0.39, 0.29) is 17.1 Å². The van der Waals surface area contributed by atoms with Gasteiger partial charge in [0, 0.05) is 11.5 Å². The lowest BCUT2D eigenvalue weighted by atomic mass is 9.79. The molecule has 0 fully saturated rings. The zero-order chi connectivity index (χ0) is 14.8. The number of fused-ring (bicyclic) bond motifs is 1. The maximum atomic E-state index is 13.6. The lowest BCUT2D eigenvalue weighted by molar-refractivity contribution is 0.403. The van der Waals surface area contributed by atoms with Crippen molar-refractivity contribution in [3.8, 4) is 5.75 Å². The molecule has 2 aromatic rings. The van der Waals surface area contributed by atoms with Crippen LogP contribution in [0.4, 0.5) is 4.39 Å². The first-order valence-electron chi connectivity index (χ1n) is 7.26. The predicted molar refractivity (Wildman–Crippen MR) is 83.7 cm³/mol. The number of ether oxygens (including phenoxy) is 1. The molecule has 0 saturated heterocycles. The van der Waals surface area contributed by atoms with Crippen molar-refractivity contribution in [2.45, 2.75) is 30.6 Å². The van der Waals surface area contributed by atoms with Gasteiger partial charge in [-0.05, 0) is 48.6 Å². The van der Waals surface area contributed by atoms with Crippen molar-refractivity contribution < 1.29 is 9.13 Å². The maximum Gasteiger partial charge on any atom is 0.123 e. The summed E-state index contributed by atoms with van der Waals surface area (Å²) in [4.78, 5) is 0. The fourth-order valence-corrected chi connectivity index (χ4v) is 3.67. The second-order valence-electron chi connectivity index (χ2n) is 5.49. The molecule has 0 spiro atoms. The summed E-state index contributed by atoms with van der Waals surface area (Å²) in [6, 6.07) is 13.0. The highest BCUT2D eigenvalue weighted by atomic mass is 35.5. The molecular formula is C18H18ClFO. The summed E-state index contributed by atoms with van der Waals surface area (Å²) < 4.78 is 18.9. The molecule has 3 heteroatoms. The summed E-state index contributed by atoms with van der Waals surface area (Å²) in [6.45, 7) is 0. The van der Waals surface area contributed by atoms with Gasteiger partial charge in [-0.1, -0.05) is 24.3 Å². The highest BCUT2D eigenvalue weighted by Gasteiger charge is 2.29. The van der Waals surface area contributed by atoms with Gasteiger partial charge in [0.15, 0.2) is 0 Å². The first-order valence-corrected chi connectivity index (χ1v) is 7.69. The van der Waals surface area contributed by atoms with Crippen molar-refractivity contribution in [1.29, 1.82) is 0 Å². The van der Waals surface area contributed by atoms with E-state index in [4.69, 9.17) is 16.3 Å². The largest absolute Gasteiger partial charge is 0.496 e. The summed E-state index contributed by atoms with van der Waals surface area (Å²) in [5, 5.41) is -0.280. The van der Waals surface area contributed by atoms with Crippen LogP contribution in [0, 0.1) is 5.82 Å². The van der Waals surface area contributed by atoms with Gasteiger partial charge in [0.05, 0.1) is 12.5 Å². The third-order valence-corrected chi connectivity index (χ3v) is 4.80. The zero-order valence-corrected chi connectivity index (χ0v) is 12.7. The first kappa shape index (κ1) is 14.4. The molecule has 21 heavy (non-hydrogen) atoms. The molecule has 0 N–H and O–H groups in total. The topological polar surface area (TPSA) is 9.23 Å². The first-order chi connectivity index (χ1) is 10.2. The van der Waals surface area contributed by atoms with Crippen LogP contribution >= 0.6 is 11.6 Å². The summed E-state index contributed by atoms with van der Waals surface area (Å²) >= 11 is 6.72. The molecule has 0 aliphatic heterocycles. The Hall–Kier alpha value is -1.54. The Morgan fingerprint density at radius 1 is 1.24 bits per heavy atom. The maximum absolute atomic E-state index is 13.6. The van der Waals surface area contributed by atoms with E-state index in [2.05, 4.69) is 18.2 Å². The van der Waals surface area contributed by atoms with Gasteiger partial charge in [-0.25, -0.2) is 4.39 Å². The van der Waals surface area contributed by atoms with Gasteiger partial charge < -0.3 is 4.74 Å². The van der Waals surface area contributed by atoms with Crippen LogP contribution in [0.15, 0.2) is 42.5 Å². The van der Waals surface area contributed by atoms with Crippen LogP contribution in [0.25, 0.3) is 0 Å². The van der Waals surface area contributed by atoms with Crippen LogP contribution in [-0.2, 0) is 6.42 Å². The molecule has 0 saturated carbocycles. The Balaban J connectivity index is 2.00. The van der Waals surface area contributed by atoms with Crippen molar-refractivity contribution >= 4 is 11.6 Å². The molecule has 0 amide bonds. The van der Waals surface area contributed by atoms with Gasteiger partial charge in [-0.3, -0.25) is 0 Å². The molecule has 0 radical (unpaired) electrons. The Morgan fingerprint density at radius 2 is 2.05 bits per heavy atom. The van der Waals surface area contributed by atoms with Crippen molar-refractivity contribution in [2.24, 2.45) is 0 Å². The smallest absolute Gasteiger partial charge is 0.123 e. The SMILES string of the molecule is COc1ccc(F)cc1C(Cl)C1CCCc2ccccc21. The molecule has 0 heterocycles. The van der Waals surface area contributed by atoms with Crippen LogP contribution in [-0.4, -0.2) is 7.11 Å². The number of benzene rings is 2. The Kier molecular flexibility index (Phi) is 4.16. The fraction of sp³-hybridized carbons (Fsp3) is 0.333. The van der Waals surface area contributed by atoms with E-state index in [0.717, 1.165) is 24.8 Å². The average molecular weight is 305 g/mol. The fourth-order valence-electron chi connectivity index (χ4n) is 3.23. The highest BCUT2D eigenvalue weighted by molar-refractivity contribution is 6.21. The predicted octanol–water partition coefficient (Wildman–Crippen LogP) is 5.23. The van der Waals surface area contributed by atoms with Crippen LogP contribution in [0.1, 0.15) is 40.8 Å². The lowest BCUT2D eigenvalue weighted by Gasteiger charge is -2.30. The molecule has 110 valence electrons. The Morgan fingerprint density at radius 3 is 2.86 bits per heavy atom. The third kappa shape index (κ3) is 2.77. The van der Waals surface area contributed by atoms with Gasteiger partial charge in [0.25, 0.3) is 0 Å². The number of alkyl halides is 1. The van der Waals surface area contributed by atoms with Gasteiger partial charge in [0.2, 0.25) is 0 Å². The average Bonchev–Trinajstić information content (AvgIpc) is 2.53. The monoisotopic (exact) mass is 304 g/mol.